The van der Waals surface area contributed by atoms with Gasteiger partial charge in [-0.1, -0.05) is 36.4 Å². The molecule has 1 amide bonds. The van der Waals surface area contributed by atoms with Crippen molar-refractivity contribution in [1.82, 2.24) is 30.5 Å². The Hall–Kier alpha value is -4.34. The van der Waals surface area contributed by atoms with Gasteiger partial charge in [0.15, 0.2) is 0 Å². The van der Waals surface area contributed by atoms with Gasteiger partial charge in [0.25, 0.3) is 0 Å². The Morgan fingerprint density at radius 1 is 1.09 bits per heavy atom. The van der Waals surface area contributed by atoms with Crippen molar-refractivity contribution in [2.75, 3.05) is 6.61 Å². The molecule has 2 N–H and O–H groups in total. The average Bonchev–Trinajstić information content (AvgIpc) is 3.37. The number of carboxylic acids is 1. The zero-order valence-electron chi connectivity index (χ0n) is 18.1. The van der Waals surface area contributed by atoms with E-state index in [4.69, 9.17) is 9.72 Å². The van der Waals surface area contributed by atoms with E-state index >= 15 is 0 Å². The maximum Gasteiger partial charge on any atom is 0.410 e. The summed E-state index contributed by atoms with van der Waals surface area (Å²) < 4.78 is 5.03. The number of ether oxygens (including phenoxy) is 1. The van der Waals surface area contributed by atoms with E-state index in [2.05, 4.69) is 20.6 Å². The van der Waals surface area contributed by atoms with Gasteiger partial charge in [0.1, 0.15) is 6.04 Å². The van der Waals surface area contributed by atoms with E-state index in [0.29, 0.717) is 5.82 Å². The van der Waals surface area contributed by atoms with E-state index in [1.807, 2.05) is 54.6 Å². The van der Waals surface area contributed by atoms with Gasteiger partial charge in [-0.2, -0.15) is 5.21 Å². The van der Waals surface area contributed by atoms with Crippen molar-refractivity contribution in [2.45, 2.75) is 26.4 Å². The number of tetrazole rings is 1. The molecule has 33 heavy (non-hydrogen) atoms. The number of rotatable bonds is 7. The first kappa shape index (κ1) is 21.9. The van der Waals surface area contributed by atoms with E-state index in [0.717, 1.165) is 33.3 Å². The van der Waals surface area contributed by atoms with Crippen LogP contribution in [0.1, 0.15) is 19.4 Å². The summed E-state index contributed by atoms with van der Waals surface area (Å²) in [7, 11) is 0. The first-order chi connectivity index (χ1) is 16.0. The van der Waals surface area contributed by atoms with Crippen LogP contribution in [0.4, 0.5) is 4.79 Å². The number of nitrogens with one attached hydrogen (secondary N) is 1. The SMILES string of the molecule is CCOC(=O)N(Cc1ccc2nc(-c3ccc(-c4nn[nH]n4)cc3)ccc2c1)C(C)C(=O)O. The molecule has 168 valence electrons. The summed E-state index contributed by atoms with van der Waals surface area (Å²) in [5, 5.41) is 24.2. The number of pyridine rings is 1. The number of H-pyrrole nitrogens is 1. The van der Waals surface area contributed by atoms with Gasteiger partial charge in [-0.3, -0.25) is 4.90 Å². The van der Waals surface area contributed by atoms with Crippen LogP contribution in [0.15, 0.2) is 54.6 Å². The third-order valence-corrected chi connectivity index (χ3v) is 5.22. The Morgan fingerprint density at radius 3 is 2.52 bits per heavy atom. The lowest BCUT2D eigenvalue weighted by Gasteiger charge is -2.25. The van der Waals surface area contributed by atoms with Gasteiger partial charge in [0, 0.05) is 23.1 Å². The Bertz CT molecular complexity index is 1270. The largest absolute Gasteiger partial charge is 0.480 e. The number of carbonyl (C=O) groups excluding carboxylic acids is 1. The van der Waals surface area contributed by atoms with Crippen molar-refractivity contribution in [3.63, 3.8) is 0 Å². The number of carboxylic acid groups (broad SMARTS) is 1. The standard InChI is InChI=1S/C23H22N6O4/c1-3-33-23(32)29(14(2)22(30)31)13-15-4-10-20-18(12-15)9-11-19(24-20)16-5-7-17(8-6-16)21-25-27-28-26-21/h4-12,14H,3,13H2,1-2H3,(H,30,31)(H,25,26,27,28). The first-order valence-corrected chi connectivity index (χ1v) is 10.4. The minimum absolute atomic E-state index is 0.113. The molecule has 2 heterocycles. The van der Waals surface area contributed by atoms with Crippen LogP contribution in [0, 0.1) is 0 Å². The predicted octanol–water partition coefficient (Wildman–Crippen LogP) is 3.51. The molecule has 2 aromatic heterocycles. The van der Waals surface area contributed by atoms with Crippen LogP contribution < -0.4 is 0 Å². The molecule has 10 heteroatoms. The molecule has 2 aromatic carbocycles. The number of nitrogens with zero attached hydrogens (tertiary/aromatic N) is 5. The third-order valence-electron chi connectivity index (χ3n) is 5.22. The number of amides is 1. The molecule has 1 unspecified atom stereocenters. The molecule has 4 rings (SSSR count). The van der Waals surface area contributed by atoms with Crippen LogP contribution in [-0.4, -0.2) is 60.3 Å². The fourth-order valence-electron chi connectivity index (χ4n) is 3.40. The predicted molar refractivity (Wildman–Crippen MR) is 120 cm³/mol. The van der Waals surface area contributed by atoms with Crippen LogP contribution in [0.2, 0.25) is 0 Å². The van der Waals surface area contributed by atoms with E-state index in [1.54, 1.807) is 6.92 Å². The second-order valence-corrected chi connectivity index (χ2v) is 7.38. The van der Waals surface area contributed by atoms with Gasteiger partial charge in [-0.15, -0.1) is 10.2 Å². The van der Waals surface area contributed by atoms with Gasteiger partial charge in [-0.25, -0.2) is 14.6 Å². The second-order valence-electron chi connectivity index (χ2n) is 7.38. The van der Waals surface area contributed by atoms with Gasteiger partial charge >= 0.3 is 12.1 Å². The minimum atomic E-state index is -1.10. The molecule has 1 atom stereocenters. The molecular weight excluding hydrogens is 424 g/mol. The highest BCUT2D eigenvalue weighted by Gasteiger charge is 2.26. The second kappa shape index (κ2) is 9.43. The maximum atomic E-state index is 12.3. The highest BCUT2D eigenvalue weighted by molar-refractivity contribution is 5.83. The monoisotopic (exact) mass is 446 g/mol. The molecule has 0 bridgehead atoms. The van der Waals surface area contributed by atoms with Crippen molar-refractivity contribution in [1.29, 1.82) is 0 Å². The molecular formula is C23H22N6O4. The number of hydrogen-bond acceptors (Lipinski definition) is 7. The highest BCUT2D eigenvalue weighted by atomic mass is 16.6. The number of aliphatic carboxylic acids is 1. The maximum absolute atomic E-state index is 12.3. The number of fused-ring (bicyclic) bond motifs is 1. The molecule has 0 saturated heterocycles. The molecule has 4 aromatic rings. The Balaban J connectivity index is 1.57. The first-order valence-electron chi connectivity index (χ1n) is 10.4. The van der Waals surface area contributed by atoms with Gasteiger partial charge in [0.05, 0.1) is 17.8 Å². The molecule has 0 radical (unpaired) electrons. The van der Waals surface area contributed by atoms with E-state index in [1.165, 1.54) is 11.8 Å². The number of hydrogen-bond donors (Lipinski definition) is 2. The van der Waals surface area contributed by atoms with E-state index in [-0.39, 0.29) is 13.2 Å². The molecule has 0 spiro atoms. The fraction of sp³-hybridized carbons (Fsp3) is 0.217. The third kappa shape index (κ3) is 4.79. The summed E-state index contributed by atoms with van der Waals surface area (Å²) in [5.74, 6) is -0.574. The summed E-state index contributed by atoms with van der Waals surface area (Å²) in [6.07, 6.45) is -0.662. The average molecular weight is 446 g/mol. The highest BCUT2D eigenvalue weighted by Crippen LogP contribution is 2.25. The minimum Gasteiger partial charge on any atom is -0.480 e. The number of aromatic amines is 1. The Kier molecular flexibility index (Phi) is 6.25. The lowest BCUT2D eigenvalue weighted by molar-refractivity contribution is -0.142. The van der Waals surface area contributed by atoms with Crippen LogP contribution >= 0.6 is 0 Å². The van der Waals surface area contributed by atoms with Crippen molar-refractivity contribution in [3.8, 4) is 22.6 Å². The van der Waals surface area contributed by atoms with Crippen LogP contribution in [0.3, 0.4) is 0 Å². The topological polar surface area (TPSA) is 134 Å². The number of carbonyl (C=O) groups is 2. The van der Waals surface area contributed by atoms with E-state index in [9.17, 15) is 14.7 Å². The van der Waals surface area contributed by atoms with Gasteiger partial charge in [0.2, 0.25) is 5.82 Å². The molecule has 0 saturated carbocycles. The van der Waals surface area contributed by atoms with Gasteiger partial charge < -0.3 is 9.84 Å². The lowest BCUT2D eigenvalue weighted by Crippen LogP contribution is -2.43. The van der Waals surface area contributed by atoms with Crippen LogP contribution in [0.5, 0.6) is 0 Å². The summed E-state index contributed by atoms with van der Waals surface area (Å²) >= 11 is 0. The molecule has 10 nitrogen and oxygen atoms in total. The summed E-state index contributed by atoms with van der Waals surface area (Å²) in [5.41, 5.74) is 4.16. The Labute approximate surface area is 189 Å². The van der Waals surface area contributed by atoms with Crippen LogP contribution in [0.25, 0.3) is 33.5 Å². The summed E-state index contributed by atoms with van der Waals surface area (Å²) in [6, 6.07) is 16.1. The zero-order chi connectivity index (χ0) is 23.4. The quantitative estimate of drug-likeness (QED) is 0.440. The molecule has 0 aliphatic carbocycles. The van der Waals surface area contributed by atoms with Crippen molar-refractivity contribution in [2.24, 2.45) is 0 Å². The smallest absolute Gasteiger partial charge is 0.410 e. The Morgan fingerprint density at radius 2 is 1.85 bits per heavy atom. The number of benzene rings is 2. The normalized spacial score (nSPS) is 11.8. The zero-order valence-corrected chi connectivity index (χ0v) is 18.1. The molecule has 0 aliphatic rings. The van der Waals surface area contributed by atoms with Crippen LogP contribution in [-0.2, 0) is 16.1 Å². The molecule has 0 fully saturated rings. The molecule has 0 aliphatic heterocycles. The van der Waals surface area contributed by atoms with E-state index < -0.39 is 18.1 Å². The lowest BCUT2D eigenvalue weighted by atomic mass is 10.1. The number of aromatic nitrogens is 5. The fourth-order valence-corrected chi connectivity index (χ4v) is 3.40. The van der Waals surface area contributed by atoms with Crippen molar-refractivity contribution >= 4 is 23.0 Å². The summed E-state index contributed by atoms with van der Waals surface area (Å²) in [6.45, 7) is 3.42. The van der Waals surface area contributed by atoms with Crippen molar-refractivity contribution in [3.05, 3.63) is 60.2 Å². The van der Waals surface area contributed by atoms with Crippen molar-refractivity contribution < 1.29 is 19.4 Å². The van der Waals surface area contributed by atoms with Gasteiger partial charge in [-0.05, 0) is 42.8 Å². The summed E-state index contributed by atoms with van der Waals surface area (Å²) in [4.78, 5) is 29.6.